The molecule has 0 saturated heterocycles. The first-order valence-corrected chi connectivity index (χ1v) is 15.9. The first kappa shape index (κ1) is 26.3. The number of fused-ring (bicyclic) bond motifs is 4. The van der Waals surface area contributed by atoms with Gasteiger partial charge in [0, 0.05) is 17.4 Å². The van der Waals surface area contributed by atoms with E-state index in [0.717, 1.165) is 53.8 Å². The molecule has 2 aromatic rings. The summed E-state index contributed by atoms with van der Waals surface area (Å²) in [5, 5.41) is 5.23. The second-order valence-electron chi connectivity index (χ2n) is 14.5. The number of carbonyl (C=O) groups is 1. The lowest BCUT2D eigenvalue weighted by Gasteiger charge is -2.57. The van der Waals surface area contributed by atoms with E-state index in [9.17, 15) is 4.79 Å². The first-order valence-electron chi connectivity index (χ1n) is 15.9. The molecule has 3 nitrogen and oxygen atoms in total. The molecule has 6 rings (SSSR count). The van der Waals surface area contributed by atoms with Crippen LogP contribution in [0.2, 0.25) is 0 Å². The number of aromatic nitrogens is 2. The highest BCUT2D eigenvalue weighted by molar-refractivity contribution is 5.98. The van der Waals surface area contributed by atoms with Gasteiger partial charge in [0.1, 0.15) is 5.69 Å². The molecular weight excluding hydrogens is 464 g/mol. The minimum absolute atomic E-state index is 0.0885. The number of para-hydroxylation sites is 1. The van der Waals surface area contributed by atoms with Crippen molar-refractivity contribution in [2.45, 2.75) is 111 Å². The molecule has 8 atom stereocenters. The summed E-state index contributed by atoms with van der Waals surface area (Å²) in [7, 11) is 0. The van der Waals surface area contributed by atoms with Crippen LogP contribution in [0.15, 0.2) is 30.3 Å². The Bertz CT molecular complexity index is 1180. The Kier molecular flexibility index (Phi) is 6.67. The van der Waals surface area contributed by atoms with Crippen LogP contribution in [0, 0.1) is 46.8 Å². The number of rotatable bonds is 7. The fraction of sp³-hybridized carbons (Fsp3) is 0.714. The Balaban J connectivity index is 1.31. The Labute approximate surface area is 231 Å². The quantitative estimate of drug-likeness (QED) is 0.370. The van der Waals surface area contributed by atoms with Crippen LogP contribution in [0.3, 0.4) is 0 Å². The fourth-order valence-corrected chi connectivity index (χ4v) is 10.5. The number of nitrogens with zero attached hydrogens (tertiary/aromatic N) is 2. The van der Waals surface area contributed by atoms with Crippen LogP contribution < -0.4 is 0 Å². The zero-order valence-corrected chi connectivity index (χ0v) is 24.8. The van der Waals surface area contributed by atoms with Gasteiger partial charge in [0.05, 0.1) is 11.4 Å². The second-order valence-corrected chi connectivity index (χ2v) is 14.5. The molecule has 4 aliphatic rings. The van der Waals surface area contributed by atoms with E-state index in [0.29, 0.717) is 29.5 Å². The van der Waals surface area contributed by atoms with Crippen molar-refractivity contribution in [3.63, 3.8) is 0 Å². The average Bonchev–Trinajstić information content (AvgIpc) is 3.47. The molecule has 0 spiro atoms. The van der Waals surface area contributed by atoms with E-state index in [2.05, 4.69) is 65.8 Å². The number of carbonyl (C=O) groups excluding carboxylic acids is 1. The molecule has 0 radical (unpaired) electrons. The summed E-state index contributed by atoms with van der Waals surface area (Å²) in [5.74, 6) is 5.84. The molecule has 206 valence electrons. The molecule has 1 heterocycles. The summed E-state index contributed by atoms with van der Waals surface area (Å²) in [5.41, 5.74) is 5.05. The maximum absolute atomic E-state index is 13.3. The molecule has 1 aromatic heterocycles. The number of Topliss-reactive ketones (excluding diaryl/α,β-unsaturated/α-hetero) is 1. The summed E-state index contributed by atoms with van der Waals surface area (Å²) in [6.45, 7) is 15.0. The smallest absolute Gasteiger partial charge is 0.181 e. The van der Waals surface area contributed by atoms with Gasteiger partial charge in [0.15, 0.2) is 5.78 Å². The third-order valence-corrected chi connectivity index (χ3v) is 12.6. The van der Waals surface area contributed by atoms with Gasteiger partial charge in [-0.05, 0) is 104 Å². The van der Waals surface area contributed by atoms with Crippen LogP contribution >= 0.6 is 0 Å². The third-order valence-electron chi connectivity index (χ3n) is 12.6. The molecule has 38 heavy (non-hydrogen) atoms. The van der Waals surface area contributed by atoms with Crippen molar-refractivity contribution in [2.24, 2.45) is 46.8 Å². The number of hydrogen-bond acceptors (Lipinski definition) is 2. The monoisotopic (exact) mass is 514 g/mol. The Morgan fingerprint density at radius 3 is 2.47 bits per heavy atom. The standard InChI is InChI=1S/C35H50N2O/c1-7-24(22(2)3)14-13-23(4)27-15-16-28-26-21-30-32-33(37(36-30)25-11-9-8-10-12-25)31(38)18-20-35(32,6)29(26)17-19-34(27,28)5/h8-12,22-24,26-29H,7,13-21H2,1-6H3. The molecule has 2 fully saturated rings. The van der Waals surface area contributed by atoms with Crippen LogP contribution in [0.25, 0.3) is 5.69 Å². The van der Waals surface area contributed by atoms with Gasteiger partial charge in [-0.15, -0.1) is 0 Å². The molecule has 8 unspecified atom stereocenters. The van der Waals surface area contributed by atoms with Gasteiger partial charge in [-0.3, -0.25) is 4.79 Å². The second kappa shape index (κ2) is 9.63. The summed E-state index contributed by atoms with van der Waals surface area (Å²) in [4.78, 5) is 13.3. The SMILES string of the molecule is CCC(CCC(C)C1CCC2C3Cc4nn(-c5ccccc5)c5c4C(C)(CCC5=O)C3CCC12C)C(C)C. The van der Waals surface area contributed by atoms with Crippen LogP contribution in [0.4, 0.5) is 0 Å². The van der Waals surface area contributed by atoms with Gasteiger partial charge >= 0.3 is 0 Å². The minimum Gasteiger partial charge on any atom is -0.292 e. The number of ketones is 1. The van der Waals surface area contributed by atoms with E-state index < -0.39 is 0 Å². The zero-order valence-electron chi connectivity index (χ0n) is 24.8. The highest BCUT2D eigenvalue weighted by atomic mass is 16.1. The molecule has 0 N–H and O–H groups in total. The topological polar surface area (TPSA) is 34.9 Å². The Hall–Kier alpha value is -1.90. The van der Waals surface area contributed by atoms with Crippen molar-refractivity contribution >= 4 is 5.78 Å². The lowest BCUT2D eigenvalue weighted by Crippen LogP contribution is -2.53. The highest BCUT2D eigenvalue weighted by Crippen LogP contribution is 2.66. The van der Waals surface area contributed by atoms with E-state index in [4.69, 9.17) is 5.10 Å². The number of benzene rings is 1. The molecule has 0 amide bonds. The van der Waals surface area contributed by atoms with Crippen molar-refractivity contribution < 1.29 is 4.79 Å². The Morgan fingerprint density at radius 1 is 1.00 bits per heavy atom. The van der Waals surface area contributed by atoms with Crippen molar-refractivity contribution in [3.05, 3.63) is 47.3 Å². The minimum atomic E-state index is 0.0885. The van der Waals surface area contributed by atoms with Crippen LogP contribution in [-0.4, -0.2) is 15.6 Å². The van der Waals surface area contributed by atoms with Crippen molar-refractivity contribution in [3.8, 4) is 5.69 Å². The summed E-state index contributed by atoms with van der Waals surface area (Å²) < 4.78 is 2.01. The van der Waals surface area contributed by atoms with Crippen LogP contribution in [0.5, 0.6) is 0 Å². The molecule has 4 aliphatic carbocycles. The summed E-state index contributed by atoms with van der Waals surface area (Å²) in [6.07, 6.45) is 12.4. The van der Waals surface area contributed by atoms with Gasteiger partial charge in [-0.1, -0.05) is 72.6 Å². The number of hydrogen-bond donors (Lipinski definition) is 0. The molecule has 3 heteroatoms. The van der Waals surface area contributed by atoms with Gasteiger partial charge < -0.3 is 0 Å². The molecule has 0 aliphatic heterocycles. The fourth-order valence-electron chi connectivity index (χ4n) is 10.5. The van der Waals surface area contributed by atoms with Crippen molar-refractivity contribution in [1.82, 2.24) is 9.78 Å². The molecule has 2 saturated carbocycles. The summed E-state index contributed by atoms with van der Waals surface area (Å²) in [6, 6.07) is 10.4. The lowest BCUT2D eigenvalue weighted by atomic mass is 9.47. The van der Waals surface area contributed by atoms with Gasteiger partial charge in [0.25, 0.3) is 0 Å². The van der Waals surface area contributed by atoms with Gasteiger partial charge in [-0.2, -0.15) is 5.10 Å². The van der Waals surface area contributed by atoms with Crippen molar-refractivity contribution in [2.75, 3.05) is 0 Å². The van der Waals surface area contributed by atoms with Crippen LogP contribution in [0.1, 0.15) is 121 Å². The lowest BCUT2D eigenvalue weighted by molar-refractivity contribution is -0.0383. The molecular formula is C35H50N2O. The van der Waals surface area contributed by atoms with E-state index >= 15 is 0 Å². The van der Waals surface area contributed by atoms with E-state index in [1.165, 1.54) is 56.2 Å². The third kappa shape index (κ3) is 3.88. The Morgan fingerprint density at radius 2 is 1.76 bits per heavy atom. The van der Waals surface area contributed by atoms with Crippen LogP contribution in [-0.2, 0) is 11.8 Å². The predicted octanol–water partition coefficient (Wildman–Crippen LogP) is 8.82. The average molecular weight is 515 g/mol. The largest absolute Gasteiger partial charge is 0.292 e. The van der Waals surface area contributed by atoms with Gasteiger partial charge in [-0.25, -0.2) is 4.68 Å². The van der Waals surface area contributed by atoms with Gasteiger partial charge in [0.2, 0.25) is 0 Å². The maximum Gasteiger partial charge on any atom is 0.181 e. The van der Waals surface area contributed by atoms with E-state index in [1.807, 2.05) is 10.7 Å². The van der Waals surface area contributed by atoms with Crippen molar-refractivity contribution in [1.29, 1.82) is 0 Å². The maximum atomic E-state index is 13.3. The molecule has 1 aromatic carbocycles. The summed E-state index contributed by atoms with van der Waals surface area (Å²) >= 11 is 0. The normalized spacial score (nSPS) is 35.5. The van der Waals surface area contributed by atoms with E-state index in [1.54, 1.807) is 0 Å². The molecule has 0 bridgehead atoms. The zero-order chi connectivity index (χ0) is 26.8. The highest BCUT2D eigenvalue weighted by Gasteiger charge is 2.61. The predicted molar refractivity (Wildman–Crippen MR) is 156 cm³/mol. The van der Waals surface area contributed by atoms with E-state index in [-0.39, 0.29) is 5.41 Å². The first-order chi connectivity index (χ1) is 18.2.